The number of piperidine rings is 1. The Bertz CT molecular complexity index is 956. The first-order chi connectivity index (χ1) is 14.2. The number of likely N-dealkylation sites (tertiary alicyclic amines) is 1. The molecule has 1 unspecified atom stereocenters. The standard InChI is InChI=1S/C23H25FN4O/c24-21-10-4-8-19(14-21)15-27-13-5-9-20(17-27)23(29)26-22-11-12-25-28(22)16-18-6-2-1-3-7-18/h1-4,6-8,10-12,14,20H,5,9,13,15-17H2,(H,26,29). The van der Waals surface area contributed by atoms with Gasteiger partial charge in [0.05, 0.1) is 18.7 Å². The molecule has 4 rings (SSSR count). The summed E-state index contributed by atoms with van der Waals surface area (Å²) in [5.41, 5.74) is 2.07. The first kappa shape index (κ1) is 19.3. The fourth-order valence-corrected chi connectivity index (χ4v) is 3.86. The van der Waals surface area contributed by atoms with Crippen LogP contribution in [0.5, 0.6) is 0 Å². The lowest BCUT2D eigenvalue weighted by atomic mass is 9.96. The smallest absolute Gasteiger partial charge is 0.229 e. The Morgan fingerprint density at radius 3 is 2.72 bits per heavy atom. The highest BCUT2D eigenvalue weighted by atomic mass is 19.1. The number of rotatable bonds is 6. The molecular weight excluding hydrogens is 367 g/mol. The first-order valence-corrected chi connectivity index (χ1v) is 10.0. The van der Waals surface area contributed by atoms with Gasteiger partial charge in [-0.05, 0) is 42.6 Å². The minimum atomic E-state index is -0.222. The van der Waals surface area contributed by atoms with Crippen LogP contribution in [0.25, 0.3) is 0 Å². The van der Waals surface area contributed by atoms with Crippen LogP contribution in [-0.2, 0) is 17.9 Å². The van der Waals surface area contributed by atoms with Crippen molar-refractivity contribution >= 4 is 11.7 Å². The molecule has 1 saturated heterocycles. The van der Waals surface area contributed by atoms with Crippen LogP contribution in [0.15, 0.2) is 66.9 Å². The van der Waals surface area contributed by atoms with Crippen molar-refractivity contribution in [2.24, 2.45) is 5.92 Å². The molecule has 0 spiro atoms. The Morgan fingerprint density at radius 2 is 1.90 bits per heavy atom. The van der Waals surface area contributed by atoms with Gasteiger partial charge in [0.1, 0.15) is 11.6 Å². The molecule has 0 aliphatic carbocycles. The molecule has 0 saturated carbocycles. The average molecular weight is 392 g/mol. The molecule has 1 fully saturated rings. The minimum absolute atomic E-state index is 0.0174. The molecule has 1 N–H and O–H groups in total. The van der Waals surface area contributed by atoms with Crippen LogP contribution < -0.4 is 5.32 Å². The average Bonchev–Trinajstić information content (AvgIpc) is 3.15. The third-order valence-electron chi connectivity index (χ3n) is 5.31. The van der Waals surface area contributed by atoms with Crippen molar-refractivity contribution in [3.05, 3.63) is 83.8 Å². The third-order valence-corrected chi connectivity index (χ3v) is 5.31. The summed E-state index contributed by atoms with van der Waals surface area (Å²) in [7, 11) is 0. The van der Waals surface area contributed by atoms with Crippen LogP contribution >= 0.6 is 0 Å². The summed E-state index contributed by atoms with van der Waals surface area (Å²) in [6.45, 7) is 2.87. The molecular formula is C23H25FN4O. The molecule has 2 aromatic carbocycles. The zero-order chi connectivity index (χ0) is 20.1. The van der Waals surface area contributed by atoms with E-state index in [2.05, 4.69) is 15.3 Å². The molecule has 1 aliphatic heterocycles. The molecule has 1 aromatic heterocycles. The Kier molecular flexibility index (Phi) is 6.00. The van der Waals surface area contributed by atoms with Crippen molar-refractivity contribution in [3.8, 4) is 0 Å². The number of anilines is 1. The van der Waals surface area contributed by atoms with Crippen LogP contribution in [0.4, 0.5) is 10.2 Å². The summed E-state index contributed by atoms with van der Waals surface area (Å²) in [4.78, 5) is 15.1. The van der Waals surface area contributed by atoms with E-state index in [1.165, 1.54) is 6.07 Å². The lowest BCUT2D eigenvalue weighted by Crippen LogP contribution is -2.40. The van der Waals surface area contributed by atoms with Crippen molar-refractivity contribution in [2.75, 3.05) is 18.4 Å². The van der Waals surface area contributed by atoms with E-state index in [-0.39, 0.29) is 17.6 Å². The third kappa shape index (κ3) is 5.09. The second-order valence-corrected chi connectivity index (χ2v) is 7.55. The molecule has 5 nitrogen and oxygen atoms in total. The van der Waals surface area contributed by atoms with Crippen molar-refractivity contribution < 1.29 is 9.18 Å². The Labute approximate surface area is 170 Å². The van der Waals surface area contributed by atoms with E-state index < -0.39 is 0 Å². The number of nitrogens with zero attached hydrogens (tertiary/aromatic N) is 3. The number of carbonyl (C=O) groups excluding carboxylic acids is 1. The van der Waals surface area contributed by atoms with Crippen LogP contribution in [0.2, 0.25) is 0 Å². The lowest BCUT2D eigenvalue weighted by Gasteiger charge is -2.32. The van der Waals surface area contributed by atoms with E-state index in [0.29, 0.717) is 25.5 Å². The van der Waals surface area contributed by atoms with E-state index in [9.17, 15) is 9.18 Å². The molecule has 1 atom stereocenters. The molecule has 150 valence electrons. The van der Waals surface area contributed by atoms with E-state index in [0.717, 1.165) is 30.5 Å². The highest BCUT2D eigenvalue weighted by Crippen LogP contribution is 2.21. The molecule has 1 aliphatic rings. The lowest BCUT2D eigenvalue weighted by molar-refractivity contribution is -0.121. The van der Waals surface area contributed by atoms with Gasteiger partial charge >= 0.3 is 0 Å². The highest BCUT2D eigenvalue weighted by Gasteiger charge is 2.26. The highest BCUT2D eigenvalue weighted by molar-refractivity contribution is 5.92. The van der Waals surface area contributed by atoms with Crippen LogP contribution in [0.3, 0.4) is 0 Å². The minimum Gasteiger partial charge on any atom is -0.311 e. The molecule has 0 radical (unpaired) electrons. The number of carbonyl (C=O) groups is 1. The molecule has 6 heteroatoms. The van der Waals surface area contributed by atoms with Crippen molar-refractivity contribution in [3.63, 3.8) is 0 Å². The summed E-state index contributed by atoms with van der Waals surface area (Å²) in [5, 5.41) is 7.39. The number of amides is 1. The topological polar surface area (TPSA) is 50.2 Å². The van der Waals surface area contributed by atoms with Gasteiger partial charge in [-0.25, -0.2) is 9.07 Å². The summed E-state index contributed by atoms with van der Waals surface area (Å²) >= 11 is 0. The number of halogens is 1. The summed E-state index contributed by atoms with van der Waals surface area (Å²) in [6.07, 6.45) is 3.52. The van der Waals surface area contributed by atoms with E-state index >= 15 is 0 Å². The maximum atomic E-state index is 13.4. The molecule has 0 bridgehead atoms. The van der Waals surface area contributed by atoms with Gasteiger partial charge < -0.3 is 5.32 Å². The fourth-order valence-electron chi connectivity index (χ4n) is 3.86. The maximum absolute atomic E-state index is 13.4. The van der Waals surface area contributed by atoms with Gasteiger partial charge in [-0.15, -0.1) is 0 Å². The van der Waals surface area contributed by atoms with E-state index in [4.69, 9.17) is 0 Å². The van der Waals surface area contributed by atoms with Gasteiger partial charge in [0.2, 0.25) is 5.91 Å². The van der Waals surface area contributed by atoms with Gasteiger partial charge in [-0.1, -0.05) is 42.5 Å². The Hall–Kier alpha value is -2.99. The van der Waals surface area contributed by atoms with E-state index in [1.807, 2.05) is 42.5 Å². The SMILES string of the molecule is O=C(Nc1ccnn1Cc1ccccc1)C1CCCN(Cc2cccc(F)c2)C1. The predicted molar refractivity (Wildman–Crippen MR) is 111 cm³/mol. The van der Waals surface area contributed by atoms with Gasteiger partial charge in [-0.2, -0.15) is 5.10 Å². The van der Waals surface area contributed by atoms with Gasteiger partial charge in [0, 0.05) is 19.2 Å². The predicted octanol–water partition coefficient (Wildman–Crippen LogP) is 3.92. The zero-order valence-corrected chi connectivity index (χ0v) is 16.3. The maximum Gasteiger partial charge on any atom is 0.229 e. The molecule has 2 heterocycles. The van der Waals surface area contributed by atoms with E-state index in [1.54, 1.807) is 23.0 Å². The Morgan fingerprint density at radius 1 is 1.07 bits per heavy atom. The van der Waals surface area contributed by atoms with Gasteiger partial charge in [0.25, 0.3) is 0 Å². The number of aromatic nitrogens is 2. The summed E-state index contributed by atoms with van der Waals surface area (Å²) in [5.74, 6) is 0.419. The van der Waals surface area contributed by atoms with Crippen molar-refractivity contribution in [1.29, 1.82) is 0 Å². The van der Waals surface area contributed by atoms with Gasteiger partial charge in [-0.3, -0.25) is 9.69 Å². The quantitative estimate of drug-likeness (QED) is 0.692. The largest absolute Gasteiger partial charge is 0.311 e. The second-order valence-electron chi connectivity index (χ2n) is 7.55. The fraction of sp³-hybridized carbons (Fsp3) is 0.304. The monoisotopic (exact) mass is 392 g/mol. The van der Waals surface area contributed by atoms with Crippen LogP contribution in [-0.4, -0.2) is 33.7 Å². The first-order valence-electron chi connectivity index (χ1n) is 10.0. The van der Waals surface area contributed by atoms with Gasteiger partial charge in [0.15, 0.2) is 0 Å². The normalized spacial score (nSPS) is 17.2. The zero-order valence-electron chi connectivity index (χ0n) is 16.3. The van der Waals surface area contributed by atoms with Crippen LogP contribution in [0, 0.1) is 11.7 Å². The Balaban J connectivity index is 1.37. The number of benzene rings is 2. The molecule has 1 amide bonds. The number of hydrogen-bond donors (Lipinski definition) is 1. The molecule has 29 heavy (non-hydrogen) atoms. The second kappa shape index (κ2) is 9.01. The number of hydrogen-bond acceptors (Lipinski definition) is 3. The molecule has 3 aromatic rings. The number of nitrogens with one attached hydrogen (secondary N) is 1. The summed E-state index contributed by atoms with van der Waals surface area (Å²) in [6, 6.07) is 18.5. The van der Waals surface area contributed by atoms with Crippen molar-refractivity contribution in [2.45, 2.75) is 25.9 Å². The summed E-state index contributed by atoms with van der Waals surface area (Å²) < 4.78 is 15.2. The van der Waals surface area contributed by atoms with Crippen LogP contribution in [0.1, 0.15) is 24.0 Å². The van der Waals surface area contributed by atoms with Crippen molar-refractivity contribution in [1.82, 2.24) is 14.7 Å².